The fraction of sp³-hybridized carbons (Fsp3) is 0.571. The fourth-order valence-corrected chi connectivity index (χ4v) is 3.06. The van der Waals surface area contributed by atoms with Gasteiger partial charge >= 0.3 is 0 Å². The zero-order chi connectivity index (χ0) is 13.2. The number of nitrogens with one attached hydrogen (secondary N) is 1. The van der Waals surface area contributed by atoms with Crippen molar-refractivity contribution in [3.05, 3.63) is 34.0 Å². The van der Waals surface area contributed by atoms with Crippen LogP contribution in [0, 0.1) is 6.92 Å². The molecule has 1 atom stereocenters. The number of aryl methyl sites for hydroxylation is 2. The van der Waals surface area contributed by atoms with Crippen LogP contribution in [0.4, 0.5) is 0 Å². The first-order valence-corrected chi connectivity index (χ1v) is 7.84. The average Bonchev–Trinajstić information content (AvgIpc) is 2.92. The van der Waals surface area contributed by atoms with Gasteiger partial charge in [0.15, 0.2) is 0 Å². The highest BCUT2D eigenvalue weighted by Crippen LogP contribution is 2.30. The standard InChI is InChI=1S/C14H20N4S/c1-3-6-18-8-11(7-15-18)13(17-12-4-5-12)14-16-10(2)9-19-14/h7-9,12-13,17H,3-6H2,1-2H3. The Hall–Kier alpha value is -1.20. The van der Waals surface area contributed by atoms with Gasteiger partial charge in [0.05, 0.1) is 12.2 Å². The molecule has 1 unspecified atom stereocenters. The number of aromatic nitrogens is 3. The van der Waals surface area contributed by atoms with Crippen LogP contribution in [0.2, 0.25) is 0 Å². The normalized spacial score (nSPS) is 16.7. The monoisotopic (exact) mass is 276 g/mol. The third-order valence-electron chi connectivity index (χ3n) is 3.30. The van der Waals surface area contributed by atoms with Crippen LogP contribution in [0.5, 0.6) is 0 Å². The second-order valence-electron chi connectivity index (χ2n) is 5.24. The van der Waals surface area contributed by atoms with Crippen LogP contribution in [0.1, 0.15) is 48.5 Å². The van der Waals surface area contributed by atoms with Crippen molar-refractivity contribution >= 4 is 11.3 Å². The van der Waals surface area contributed by atoms with Gasteiger partial charge < -0.3 is 5.32 Å². The molecule has 3 rings (SSSR count). The van der Waals surface area contributed by atoms with Crippen LogP contribution in [0.25, 0.3) is 0 Å². The van der Waals surface area contributed by atoms with Crippen LogP contribution in [-0.4, -0.2) is 20.8 Å². The van der Waals surface area contributed by atoms with Gasteiger partial charge in [-0.05, 0) is 26.2 Å². The molecular formula is C14H20N4S. The summed E-state index contributed by atoms with van der Waals surface area (Å²) in [6.07, 6.45) is 7.80. The van der Waals surface area contributed by atoms with Gasteiger partial charge in [0.1, 0.15) is 5.01 Å². The summed E-state index contributed by atoms with van der Waals surface area (Å²) in [4.78, 5) is 4.64. The Morgan fingerprint density at radius 3 is 3.00 bits per heavy atom. The van der Waals surface area contributed by atoms with Gasteiger partial charge in [0.2, 0.25) is 0 Å². The minimum atomic E-state index is 0.205. The zero-order valence-electron chi connectivity index (χ0n) is 11.5. The predicted molar refractivity (Wildman–Crippen MR) is 77.4 cm³/mol. The molecule has 1 N–H and O–H groups in total. The van der Waals surface area contributed by atoms with E-state index < -0.39 is 0 Å². The molecule has 2 aromatic rings. The molecule has 0 spiro atoms. The molecule has 0 aliphatic heterocycles. The molecule has 4 nitrogen and oxygen atoms in total. The zero-order valence-corrected chi connectivity index (χ0v) is 12.3. The first-order valence-electron chi connectivity index (χ1n) is 6.96. The van der Waals surface area contributed by atoms with E-state index in [0.29, 0.717) is 6.04 Å². The van der Waals surface area contributed by atoms with Gasteiger partial charge in [-0.1, -0.05) is 6.92 Å². The third-order valence-corrected chi connectivity index (χ3v) is 4.33. The summed E-state index contributed by atoms with van der Waals surface area (Å²) in [6.45, 7) is 5.20. The lowest BCUT2D eigenvalue weighted by Crippen LogP contribution is -2.24. The Morgan fingerprint density at radius 2 is 2.37 bits per heavy atom. The van der Waals surface area contributed by atoms with E-state index in [9.17, 15) is 0 Å². The average molecular weight is 276 g/mol. The molecule has 1 aliphatic carbocycles. The fourth-order valence-electron chi connectivity index (χ4n) is 2.18. The topological polar surface area (TPSA) is 42.7 Å². The number of thiazole rings is 1. The summed E-state index contributed by atoms with van der Waals surface area (Å²) in [7, 11) is 0. The molecule has 1 fully saturated rings. The van der Waals surface area contributed by atoms with Crippen molar-refractivity contribution in [3.63, 3.8) is 0 Å². The van der Waals surface area contributed by atoms with Crippen molar-refractivity contribution in [1.82, 2.24) is 20.1 Å². The molecule has 2 heterocycles. The van der Waals surface area contributed by atoms with E-state index in [2.05, 4.69) is 40.8 Å². The second kappa shape index (κ2) is 5.43. The highest BCUT2D eigenvalue weighted by Gasteiger charge is 2.28. The molecule has 19 heavy (non-hydrogen) atoms. The van der Waals surface area contributed by atoms with Crippen LogP contribution in [0.15, 0.2) is 17.8 Å². The summed E-state index contributed by atoms with van der Waals surface area (Å²) < 4.78 is 2.03. The molecular weight excluding hydrogens is 256 g/mol. The SMILES string of the molecule is CCCn1cc(C(NC2CC2)c2nc(C)cs2)cn1. The van der Waals surface area contributed by atoms with Crippen molar-refractivity contribution in [2.24, 2.45) is 0 Å². The summed E-state index contributed by atoms with van der Waals surface area (Å²) in [5, 5.41) is 11.4. The van der Waals surface area contributed by atoms with Gasteiger partial charge in [-0.2, -0.15) is 5.10 Å². The molecule has 5 heteroatoms. The first kappa shape index (κ1) is 12.8. The Morgan fingerprint density at radius 1 is 1.53 bits per heavy atom. The van der Waals surface area contributed by atoms with Crippen LogP contribution < -0.4 is 5.32 Å². The van der Waals surface area contributed by atoms with E-state index in [1.165, 1.54) is 18.4 Å². The van der Waals surface area contributed by atoms with Crippen molar-refractivity contribution in [2.45, 2.75) is 51.7 Å². The number of hydrogen-bond donors (Lipinski definition) is 1. The molecule has 0 amide bonds. The molecule has 2 aromatic heterocycles. The number of hydrogen-bond acceptors (Lipinski definition) is 4. The van der Waals surface area contributed by atoms with Gasteiger partial charge in [-0.3, -0.25) is 4.68 Å². The maximum atomic E-state index is 4.64. The Balaban J connectivity index is 1.84. The van der Waals surface area contributed by atoms with Gasteiger partial charge in [0, 0.05) is 35.4 Å². The largest absolute Gasteiger partial charge is 0.301 e. The first-order chi connectivity index (χ1) is 9.26. The second-order valence-corrected chi connectivity index (χ2v) is 6.13. The van der Waals surface area contributed by atoms with Crippen LogP contribution in [-0.2, 0) is 6.54 Å². The molecule has 0 radical (unpaired) electrons. The van der Waals surface area contributed by atoms with Crippen molar-refractivity contribution < 1.29 is 0 Å². The number of rotatable bonds is 6. The summed E-state index contributed by atoms with van der Waals surface area (Å²) in [5.74, 6) is 0. The van der Waals surface area contributed by atoms with E-state index in [0.717, 1.165) is 23.7 Å². The summed E-state index contributed by atoms with van der Waals surface area (Å²) in [6, 6.07) is 0.862. The quantitative estimate of drug-likeness (QED) is 0.882. The van der Waals surface area contributed by atoms with Gasteiger partial charge in [-0.25, -0.2) is 4.98 Å². The lowest BCUT2D eigenvalue weighted by atomic mass is 10.1. The van der Waals surface area contributed by atoms with E-state index in [4.69, 9.17) is 0 Å². The Kier molecular flexibility index (Phi) is 3.66. The predicted octanol–water partition coefficient (Wildman–Crippen LogP) is 2.90. The maximum Gasteiger partial charge on any atom is 0.115 e. The lowest BCUT2D eigenvalue weighted by Gasteiger charge is -2.14. The van der Waals surface area contributed by atoms with Crippen LogP contribution in [0.3, 0.4) is 0 Å². The molecule has 1 saturated carbocycles. The minimum Gasteiger partial charge on any atom is -0.301 e. The van der Waals surface area contributed by atoms with E-state index in [-0.39, 0.29) is 6.04 Å². The van der Waals surface area contributed by atoms with E-state index in [1.54, 1.807) is 11.3 Å². The van der Waals surface area contributed by atoms with E-state index >= 15 is 0 Å². The smallest absolute Gasteiger partial charge is 0.115 e. The summed E-state index contributed by atoms with van der Waals surface area (Å²) >= 11 is 1.73. The molecule has 102 valence electrons. The molecule has 0 aromatic carbocycles. The maximum absolute atomic E-state index is 4.64. The van der Waals surface area contributed by atoms with Crippen molar-refractivity contribution in [3.8, 4) is 0 Å². The highest BCUT2D eigenvalue weighted by atomic mass is 32.1. The Labute approximate surface area is 117 Å². The highest BCUT2D eigenvalue weighted by molar-refractivity contribution is 7.09. The molecule has 0 saturated heterocycles. The Bertz CT molecular complexity index is 541. The number of nitrogens with zero attached hydrogens (tertiary/aromatic N) is 3. The lowest BCUT2D eigenvalue weighted by molar-refractivity contribution is 0.587. The molecule has 1 aliphatic rings. The minimum absolute atomic E-state index is 0.205. The van der Waals surface area contributed by atoms with Crippen molar-refractivity contribution in [2.75, 3.05) is 0 Å². The third kappa shape index (κ3) is 3.04. The van der Waals surface area contributed by atoms with Crippen LogP contribution >= 0.6 is 11.3 Å². The van der Waals surface area contributed by atoms with Gasteiger partial charge in [0.25, 0.3) is 0 Å². The molecule has 0 bridgehead atoms. The van der Waals surface area contributed by atoms with Gasteiger partial charge in [-0.15, -0.1) is 11.3 Å². The van der Waals surface area contributed by atoms with Crippen molar-refractivity contribution in [1.29, 1.82) is 0 Å². The van der Waals surface area contributed by atoms with E-state index in [1.807, 2.05) is 10.9 Å². The summed E-state index contributed by atoms with van der Waals surface area (Å²) in [5.41, 5.74) is 2.33.